The van der Waals surface area contributed by atoms with E-state index in [4.69, 9.17) is 5.11 Å². The van der Waals surface area contributed by atoms with Crippen LogP contribution < -0.4 is 5.32 Å². The van der Waals surface area contributed by atoms with Crippen molar-refractivity contribution in [3.63, 3.8) is 0 Å². The molecule has 0 radical (unpaired) electrons. The second kappa shape index (κ2) is 4.63. The lowest BCUT2D eigenvalue weighted by atomic mass is 10.3. The molecule has 0 saturated heterocycles. The van der Waals surface area contributed by atoms with Gasteiger partial charge < -0.3 is 15.0 Å². The molecule has 0 unspecified atom stereocenters. The van der Waals surface area contributed by atoms with Crippen molar-refractivity contribution in [2.24, 2.45) is 0 Å². The van der Waals surface area contributed by atoms with E-state index in [1.165, 1.54) is 0 Å². The number of aliphatic carboxylic acids is 1. The van der Waals surface area contributed by atoms with Crippen LogP contribution in [0.4, 0.5) is 0 Å². The summed E-state index contributed by atoms with van der Waals surface area (Å²) >= 11 is 0. The van der Waals surface area contributed by atoms with E-state index in [-0.39, 0.29) is 18.5 Å². The predicted molar refractivity (Wildman–Crippen MR) is 54.8 cm³/mol. The van der Waals surface area contributed by atoms with Gasteiger partial charge in [-0.05, 0) is 26.0 Å². The van der Waals surface area contributed by atoms with Gasteiger partial charge in [-0.15, -0.1) is 0 Å². The van der Waals surface area contributed by atoms with Gasteiger partial charge in [0.25, 0.3) is 5.91 Å². The average molecular weight is 210 g/mol. The topological polar surface area (TPSA) is 71.3 Å². The number of nitrogens with zero attached hydrogens (tertiary/aromatic N) is 1. The molecule has 5 heteroatoms. The second-order valence-corrected chi connectivity index (χ2v) is 3.47. The van der Waals surface area contributed by atoms with E-state index in [0.717, 1.165) is 0 Å². The Morgan fingerprint density at radius 3 is 2.73 bits per heavy atom. The van der Waals surface area contributed by atoms with Gasteiger partial charge in [-0.25, -0.2) is 0 Å². The van der Waals surface area contributed by atoms with Gasteiger partial charge in [0, 0.05) is 12.2 Å². The van der Waals surface area contributed by atoms with E-state index >= 15 is 0 Å². The van der Waals surface area contributed by atoms with Crippen LogP contribution in [0.2, 0.25) is 0 Å². The Hall–Kier alpha value is -1.78. The van der Waals surface area contributed by atoms with Gasteiger partial charge in [-0.1, -0.05) is 0 Å². The first-order valence-electron chi connectivity index (χ1n) is 4.69. The Morgan fingerprint density at radius 2 is 2.20 bits per heavy atom. The molecule has 1 heterocycles. The summed E-state index contributed by atoms with van der Waals surface area (Å²) in [5.74, 6) is -1.41. The first-order chi connectivity index (χ1) is 7.02. The predicted octanol–water partition coefficient (Wildman–Crippen LogP) is 0.883. The molecule has 15 heavy (non-hydrogen) atoms. The van der Waals surface area contributed by atoms with Crippen LogP contribution in [0.3, 0.4) is 0 Å². The highest BCUT2D eigenvalue weighted by Gasteiger charge is 2.12. The number of carboxylic acid groups (broad SMARTS) is 1. The van der Waals surface area contributed by atoms with Crippen molar-refractivity contribution in [1.29, 1.82) is 0 Å². The quantitative estimate of drug-likeness (QED) is 0.775. The van der Waals surface area contributed by atoms with Crippen LogP contribution in [0, 0.1) is 0 Å². The molecule has 0 aliphatic carbocycles. The molecule has 2 N–H and O–H groups in total. The molecule has 0 atom stereocenters. The number of rotatable bonds is 4. The molecule has 0 fully saturated rings. The molecular formula is C10H14N2O3. The molecule has 0 saturated carbocycles. The minimum Gasteiger partial charge on any atom is -0.480 e. The lowest BCUT2D eigenvalue weighted by Gasteiger charge is -2.11. The SMILES string of the molecule is CC(C)n1cccc1C(=O)NCC(=O)O. The van der Waals surface area contributed by atoms with Crippen LogP contribution in [-0.4, -0.2) is 28.1 Å². The van der Waals surface area contributed by atoms with Gasteiger partial charge in [0.05, 0.1) is 0 Å². The van der Waals surface area contributed by atoms with E-state index in [1.807, 2.05) is 13.8 Å². The third-order valence-corrected chi connectivity index (χ3v) is 1.97. The van der Waals surface area contributed by atoms with Crippen LogP contribution in [-0.2, 0) is 4.79 Å². The van der Waals surface area contributed by atoms with Crippen molar-refractivity contribution >= 4 is 11.9 Å². The van der Waals surface area contributed by atoms with Gasteiger partial charge in [0.2, 0.25) is 0 Å². The zero-order valence-corrected chi connectivity index (χ0v) is 8.73. The molecule has 1 aromatic heterocycles. The van der Waals surface area contributed by atoms with E-state index in [0.29, 0.717) is 5.69 Å². The highest BCUT2D eigenvalue weighted by molar-refractivity contribution is 5.94. The number of amides is 1. The van der Waals surface area contributed by atoms with Crippen molar-refractivity contribution in [1.82, 2.24) is 9.88 Å². The number of carboxylic acids is 1. The smallest absolute Gasteiger partial charge is 0.322 e. The van der Waals surface area contributed by atoms with Gasteiger partial charge in [-0.3, -0.25) is 9.59 Å². The third kappa shape index (κ3) is 2.83. The molecular weight excluding hydrogens is 196 g/mol. The van der Waals surface area contributed by atoms with Crippen LogP contribution in [0.25, 0.3) is 0 Å². The normalized spacial score (nSPS) is 10.3. The molecule has 0 aliphatic heterocycles. The summed E-state index contributed by atoms with van der Waals surface area (Å²) in [6, 6.07) is 3.60. The average Bonchev–Trinajstić information content (AvgIpc) is 2.62. The molecule has 0 aliphatic rings. The highest BCUT2D eigenvalue weighted by atomic mass is 16.4. The maximum Gasteiger partial charge on any atom is 0.322 e. The number of aromatic nitrogens is 1. The maximum absolute atomic E-state index is 11.5. The Bertz CT molecular complexity index is 368. The van der Waals surface area contributed by atoms with Crippen molar-refractivity contribution < 1.29 is 14.7 Å². The fourth-order valence-electron chi connectivity index (χ4n) is 1.28. The molecule has 0 spiro atoms. The minimum atomic E-state index is -1.05. The Labute approximate surface area is 87.7 Å². The molecule has 5 nitrogen and oxygen atoms in total. The Kier molecular flexibility index (Phi) is 3.49. The molecule has 1 aromatic rings. The third-order valence-electron chi connectivity index (χ3n) is 1.97. The maximum atomic E-state index is 11.5. The van der Waals surface area contributed by atoms with Gasteiger partial charge in [0.15, 0.2) is 0 Å². The van der Waals surface area contributed by atoms with Crippen LogP contribution in [0.1, 0.15) is 30.4 Å². The molecule has 0 aromatic carbocycles. The number of carbonyl (C=O) groups is 2. The summed E-state index contributed by atoms with van der Waals surface area (Å²) in [6.07, 6.45) is 1.79. The van der Waals surface area contributed by atoms with Crippen LogP contribution in [0.5, 0.6) is 0 Å². The number of nitrogens with one attached hydrogen (secondary N) is 1. The molecule has 0 bridgehead atoms. The fraction of sp³-hybridized carbons (Fsp3) is 0.400. The number of carbonyl (C=O) groups excluding carboxylic acids is 1. The lowest BCUT2D eigenvalue weighted by Crippen LogP contribution is -2.31. The molecule has 1 rings (SSSR count). The highest BCUT2D eigenvalue weighted by Crippen LogP contribution is 2.10. The van der Waals surface area contributed by atoms with E-state index < -0.39 is 5.97 Å². The fourth-order valence-corrected chi connectivity index (χ4v) is 1.28. The molecule has 82 valence electrons. The van der Waals surface area contributed by atoms with E-state index in [9.17, 15) is 9.59 Å². The Morgan fingerprint density at radius 1 is 1.53 bits per heavy atom. The lowest BCUT2D eigenvalue weighted by molar-refractivity contribution is -0.135. The van der Waals surface area contributed by atoms with Crippen molar-refractivity contribution in [3.8, 4) is 0 Å². The van der Waals surface area contributed by atoms with E-state index in [1.54, 1.807) is 22.9 Å². The van der Waals surface area contributed by atoms with Gasteiger partial charge in [-0.2, -0.15) is 0 Å². The standard InChI is InChI=1S/C10H14N2O3/c1-7(2)12-5-3-4-8(12)10(15)11-6-9(13)14/h3-5,7H,6H2,1-2H3,(H,11,15)(H,13,14). The van der Waals surface area contributed by atoms with E-state index in [2.05, 4.69) is 5.32 Å². The summed E-state index contributed by atoms with van der Waals surface area (Å²) in [4.78, 5) is 21.8. The number of hydrogen-bond donors (Lipinski definition) is 2. The molecule has 1 amide bonds. The zero-order chi connectivity index (χ0) is 11.4. The summed E-state index contributed by atoms with van der Waals surface area (Å²) in [6.45, 7) is 3.55. The van der Waals surface area contributed by atoms with Gasteiger partial charge >= 0.3 is 5.97 Å². The zero-order valence-electron chi connectivity index (χ0n) is 8.73. The first-order valence-corrected chi connectivity index (χ1v) is 4.69. The van der Waals surface area contributed by atoms with Gasteiger partial charge in [0.1, 0.15) is 12.2 Å². The van der Waals surface area contributed by atoms with Crippen LogP contribution in [0.15, 0.2) is 18.3 Å². The Balaban J connectivity index is 2.73. The summed E-state index contributed by atoms with van der Waals surface area (Å²) < 4.78 is 1.79. The largest absolute Gasteiger partial charge is 0.480 e. The van der Waals surface area contributed by atoms with Crippen LogP contribution >= 0.6 is 0 Å². The van der Waals surface area contributed by atoms with Crippen molar-refractivity contribution in [2.45, 2.75) is 19.9 Å². The summed E-state index contributed by atoms with van der Waals surface area (Å²) in [5.41, 5.74) is 0.478. The summed E-state index contributed by atoms with van der Waals surface area (Å²) in [7, 11) is 0. The summed E-state index contributed by atoms with van der Waals surface area (Å²) in [5, 5.41) is 10.7. The monoisotopic (exact) mass is 210 g/mol. The van der Waals surface area contributed by atoms with Crippen molar-refractivity contribution in [2.75, 3.05) is 6.54 Å². The first kappa shape index (κ1) is 11.3. The second-order valence-electron chi connectivity index (χ2n) is 3.47. The number of hydrogen-bond acceptors (Lipinski definition) is 2. The van der Waals surface area contributed by atoms with Crippen molar-refractivity contribution in [3.05, 3.63) is 24.0 Å². The minimum absolute atomic E-state index is 0.172.